The van der Waals surface area contributed by atoms with Crippen molar-refractivity contribution in [1.29, 1.82) is 0 Å². The molecule has 1 N–H and O–H groups in total. The van der Waals surface area contributed by atoms with Crippen LogP contribution in [0.4, 0.5) is 0 Å². The van der Waals surface area contributed by atoms with Crippen molar-refractivity contribution in [3.63, 3.8) is 0 Å². The molecule has 98 valence electrons. The highest BCUT2D eigenvalue weighted by atomic mass is 35.5. The van der Waals surface area contributed by atoms with Gasteiger partial charge in [0.05, 0.1) is 11.2 Å². The van der Waals surface area contributed by atoms with Crippen LogP contribution in [-0.4, -0.2) is 16.8 Å². The molecule has 1 unspecified atom stereocenters. The second-order valence-electron chi connectivity index (χ2n) is 4.35. The topological polar surface area (TPSA) is 29.9 Å². The molecule has 0 saturated heterocycles. The average Bonchev–Trinajstić information content (AvgIpc) is 2.96. The maximum absolute atomic E-state index is 6.33. The van der Waals surface area contributed by atoms with E-state index in [1.54, 1.807) is 11.3 Å². The molecule has 0 bridgehead atoms. The summed E-state index contributed by atoms with van der Waals surface area (Å²) >= 11 is 8.05. The number of rotatable bonds is 5. The van der Waals surface area contributed by atoms with Crippen LogP contribution in [0.5, 0.6) is 0 Å². The molecule has 2 rings (SSSR count). The first kappa shape index (κ1) is 13.6. The lowest BCUT2D eigenvalue weighted by molar-refractivity contribution is 0.600. The molecule has 0 amide bonds. The number of nitrogens with zero attached hydrogens (tertiary/aromatic N) is 2. The summed E-state index contributed by atoms with van der Waals surface area (Å²) in [7, 11) is 1.97. The number of hydrogen-bond donors (Lipinski definition) is 1. The fourth-order valence-corrected chi connectivity index (χ4v) is 3.37. The Hall–Kier alpha value is -0.840. The summed E-state index contributed by atoms with van der Waals surface area (Å²) in [5.74, 6) is 0. The van der Waals surface area contributed by atoms with Gasteiger partial charge in [0, 0.05) is 23.7 Å². The molecule has 0 spiro atoms. The van der Waals surface area contributed by atoms with Crippen LogP contribution in [0.2, 0.25) is 5.02 Å². The number of thiophene rings is 1. The molecule has 3 nitrogen and oxygen atoms in total. The van der Waals surface area contributed by atoms with Gasteiger partial charge in [-0.25, -0.2) is 0 Å². The van der Waals surface area contributed by atoms with E-state index in [9.17, 15) is 0 Å². The summed E-state index contributed by atoms with van der Waals surface area (Å²) in [6, 6.07) is 0.255. The first-order chi connectivity index (χ1) is 8.65. The van der Waals surface area contributed by atoms with Crippen LogP contribution in [0.25, 0.3) is 0 Å². The van der Waals surface area contributed by atoms with Gasteiger partial charge in [-0.15, -0.1) is 11.3 Å². The van der Waals surface area contributed by atoms with E-state index in [-0.39, 0.29) is 6.04 Å². The van der Waals surface area contributed by atoms with Gasteiger partial charge in [0.15, 0.2) is 0 Å². The quantitative estimate of drug-likeness (QED) is 0.911. The number of aromatic nitrogens is 2. The van der Waals surface area contributed by atoms with Gasteiger partial charge in [0.2, 0.25) is 0 Å². The molecule has 0 fully saturated rings. The zero-order chi connectivity index (χ0) is 13.1. The zero-order valence-electron chi connectivity index (χ0n) is 10.9. The van der Waals surface area contributed by atoms with E-state index >= 15 is 0 Å². The molecule has 2 heterocycles. The van der Waals surface area contributed by atoms with Crippen molar-refractivity contribution in [3.8, 4) is 0 Å². The highest BCUT2D eigenvalue weighted by Gasteiger charge is 2.17. The van der Waals surface area contributed by atoms with Gasteiger partial charge in [0.1, 0.15) is 0 Å². The molecule has 18 heavy (non-hydrogen) atoms. The van der Waals surface area contributed by atoms with Crippen molar-refractivity contribution in [2.24, 2.45) is 0 Å². The van der Waals surface area contributed by atoms with Gasteiger partial charge in [-0.3, -0.25) is 4.68 Å². The zero-order valence-corrected chi connectivity index (χ0v) is 12.5. The minimum absolute atomic E-state index is 0.255. The normalized spacial score (nSPS) is 12.9. The van der Waals surface area contributed by atoms with Gasteiger partial charge >= 0.3 is 0 Å². The summed E-state index contributed by atoms with van der Waals surface area (Å²) in [6.45, 7) is 5.04. The van der Waals surface area contributed by atoms with Crippen LogP contribution in [0.15, 0.2) is 17.8 Å². The predicted octanol–water partition coefficient (Wildman–Crippen LogP) is 3.43. The fourth-order valence-electron chi connectivity index (χ4n) is 1.93. The first-order valence-corrected chi connectivity index (χ1v) is 7.33. The Morgan fingerprint density at radius 2 is 2.33 bits per heavy atom. The summed E-state index contributed by atoms with van der Waals surface area (Å²) in [5, 5.41) is 10.6. The van der Waals surface area contributed by atoms with Gasteiger partial charge in [0.25, 0.3) is 0 Å². The molecular weight excluding hydrogens is 266 g/mol. The largest absolute Gasteiger partial charge is 0.312 e. The van der Waals surface area contributed by atoms with E-state index in [1.165, 1.54) is 10.4 Å². The van der Waals surface area contributed by atoms with Crippen molar-refractivity contribution >= 4 is 22.9 Å². The van der Waals surface area contributed by atoms with Crippen molar-refractivity contribution in [2.75, 3.05) is 7.05 Å². The molecule has 2 aromatic heterocycles. The maximum atomic E-state index is 6.33. The predicted molar refractivity (Wildman–Crippen MR) is 77.5 cm³/mol. The number of nitrogens with one attached hydrogen (secondary N) is 1. The van der Waals surface area contributed by atoms with Gasteiger partial charge < -0.3 is 5.32 Å². The third-order valence-electron chi connectivity index (χ3n) is 3.04. The number of halogens is 1. The minimum Gasteiger partial charge on any atom is -0.312 e. The van der Waals surface area contributed by atoms with E-state index in [0.717, 1.165) is 23.6 Å². The van der Waals surface area contributed by atoms with E-state index in [2.05, 4.69) is 28.9 Å². The third kappa shape index (κ3) is 2.76. The van der Waals surface area contributed by atoms with Gasteiger partial charge in [-0.1, -0.05) is 11.6 Å². The Kier molecular flexibility index (Phi) is 4.43. The number of aryl methyl sites for hydroxylation is 2. The van der Waals surface area contributed by atoms with Crippen LogP contribution in [0, 0.1) is 6.92 Å². The van der Waals surface area contributed by atoms with Crippen molar-refractivity contribution in [3.05, 3.63) is 38.8 Å². The molecule has 0 saturated carbocycles. The monoisotopic (exact) mass is 283 g/mol. The molecular formula is C13H18ClN3S. The Bertz CT molecular complexity index is 518. The SMILES string of the molecule is CCn1cc(CC(NC)c2scc(C)c2Cl)cn1. The lowest BCUT2D eigenvalue weighted by atomic mass is 10.1. The lowest BCUT2D eigenvalue weighted by Crippen LogP contribution is -2.17. The van der Waals surface area contributed by atoms with E-state index in [0.29, 0.717) is 0 Å². The van der Waals surface area contributed by atoms with Gasteiger partial charge in [-0.05, 0) is 43.8 Å². The minimum atomic E-state index is 0.255. The van der Waals surface area contributed by atoms with E-state index < -0.39 is 0 Å². The second kappa shape index (κ2) is 5.87. The fraction of sp³-hybridized carbons (Fsp3) is 0.462. The average molecular weight is 284 g/mol. The summed E-state index contributed by atoms with van der Waals surface area (Å²) in [5.41, 5.74) is 2.39. The Morgan fingerprint density at radius 1 is 1.56 bits per heavy atom. The molecule has 0 aliphatic rings. The highest BCUT2D eigenvalue weighted by Crippen LogP contribution is 2.33. The summed E-state index contributed by atoms with van der Waals surface area (Å²) in [4.78, 5) is 1.21. The standard InChI is InChI=1S/C13H18ClN3S/c1-4-17-7-10(6-16-17)5-11(15-3)13-12(14)9(2)8-18-13/h6-8,11,15H,4-5H2,1-3H3. The summed E-state index contributed by atoms with van der Waals surface area (Å²) < 4.78 is 1.95. The summed E-state index contributed by atoms with van der Waals surface area (Å²) in [6.07, 6.45) is 4.94. The maximum Gasteiger partial charge on any atom is 0.0590 e. The Morgan fingerprint density at radius 3 is 2.83 bits per heavy atom. The van der Waals surface area contributed by atoms with Crippen LogP contribution in [-0.2, 0) is 13.0 Å². The molecule has 0 aromatic carbocycles. The first-order valence-electron chi connectivity index (χ1n) is 6.07. The van der Waals surface area contributed by atoms with Crippen molar-refractivity contribution in [1.82, 2.24) is 15.1 Å². The van der Waals surface area contributed by atoms with Crippen LogP contribution >= 0.6 is 22.9 Å². The molecule has 0 aliphatic heterocycles. The second-order valence-corrected chi connectivity index (χ2v) is 5.64. The third-order valence-corrected chi connectivity index (χ3v) is 4.87. The smallest absolute Gasteiger partial charge is 0.0590 e. The van der Waals surface area contributed by atoms with E-state index in [4.69, 9.17) is 11.6 Å². The molecule has 1 atom stereocenters. The van der Waals surface area contributed by atoms with Crippen LogP contribution in [0.3, 0.4) is 0 Å². The van der Waals surface area contributed by atoms with Crippen molar-refractivity contribution < 1.29 is 0 Å². The highest BCUT2D eigenvalue weighted by molar-refractivity contribution is 7.10. The Labute approximate surface area is 117 Å². The number of likely N-dealkylation sites (N-methyl/N-ethyl adjacent to an activating group) is 1. The molecule has 5 heteroatoms. The van der Waals surface area contributed by atoms with Crippen LogP contribution < -0.4 is 5.32 Å². The van der Waals surface area contributed by atoms with Gasteiger partial charge in [-0.2, -0.15) is 5.10 Å². The molecule has 2 aromatic rings. The van der Waals surface area contributed by atoms with E-state index in [1.807, 2.05) is 24.9 Å². The van der Waals surface area contributed by atoms with Crippen molar-refractivity contribution in [2.45, 2.75) is 32.9 Å². The molecule has 0 radical (unpaired) electrons. The molecule has 0 aliphatic carbocycles. The Balaban J connectivity index is 2.16. The van der Waals surface area contributed by atoms with Crippen LogP contribution in [0.1, 0.15) is 29.0 Å². The lowest BCUT2D eigenvalue weighted by Gasteiger charge is -2.14. The number of hydrogen-bond acceptors (Lipinski definition) is 3.